The van der Waals surface area contributed by atoms with Crippen LogP contribution in [0.15, 0.2) is 18.3 Å². The number of carbonyl (C=O) groups is 4. The number of rotatable bonds is 5. The van der Waals surface area contributed by atoms with Crippen molar-refractivity contribution in [1.29, 1.82) is 0 Å². The standard InChI is InChI=1S/C21H25N5O5S/c1-21(2,3)31-20(30)24-10-15(27)26-19-25-13-6-4-5-12(17(29)18(13)32-19)16(28)11-7-8-14(22)23-9-11/h7-9,12H,4-6,10H2,1-3H3,(H2,22,23)(H,24,30)(H,25,26,27). The summed E-state index contributed by atoms with van der Waals surface area (Å²) in [4.78, 5) is 58.4. The van der Waals surface area contributed by atoms with Gasteiger partial charge in [0, 0.05) is 11.8 Å². The number of fused-ring (bicyclic) bond motifs is 1. The maximum Gasteiger partial charge on any atom is 0.408 e. The summed E-state index contributed by atoms with van der Waals surface area (Å²) in [6.07, 6.45) is 2.19. The molecular formula is C21H25N5O5S. The van der Waals surface area contributed by atoms with Gasteiger partial charge in [-0.1, -0.05) is 11.3 Å². The molecule has 2 aromatic heterocycles. The van der Waals surface area contributed by atoms with E-state index < -0.39 is 23.5 Å². The number of ketones is 2. The molecule has 1 unspecified atom stereocenters. The molecule has 2 heterocycles. The van der Waals surface area contributed by atoms with E-state index in [1.807, 2.05) is 0 Å². The molecule has 0 radical (unpaired) electrons. The number of hydrogen-bond acceptors (Lipinski definition) is 9. The summed E-state index contributed by atoms with van der Waals surface area (Å²) < 4.78 is 5.08. The van der Waals surface area contributed by atoms with Gasteiger partial charge in [0.15, 0.2) is 16.7 Å². The second-order valence-electron chi connectivity index (χ2n) is 8.34. The van der Waals surface area contributed by atoms with Crippen LogP contribution in [0.4, 0.5) is 15.7 Å². The van der Waals surface area contributed by atoms with Gasteiger partial charge in [-0.05, 0) is 52.2 Å². The van der Waals surface area contributed by atoms with Crippen LogP contribution in [-0.2, 0) is 16.0 Å². The van der Waals surface area contributed by atoms with Crippen molar-refractivity contribution in [1.82, 2.24) is 15.3 Å². The van der Waals surface area contributed by atoms with Crippen molar-refractivity contribution in [2.75, 3.05) is 17.6 Å². The number of ether oxygens (including phenoxy) is 1. The lowest BCUT2D eigenvalue weighted by Crippen LogP contribution is -2.37. The zero-order valence-corrected chi connectivity index (χ0v) is 18.9. The lowest BCUT2D eigenvalue weighted by Gasteiger charge is -2.19. The number of pyridine rings is 1. The minimum absolute atomic E-state index is 0.238. The Bertz CT molecular complexity index is 1040. The molecule has 170 valence electrons. The first kappa shape index (κ1) is 23.3. The van der Waals surface area contributed by atoms with E-state index in [0.717, 1.165) is 11.3 Å². The van der Waals surface area contributed by atoms with Gasteiger partial charge in [-0.2, -0.15) is 0 Å². The number of aryl methyl sites for hydroxylation is 1. The highest BCUT2D eigenvalue weighted by Gasteiger charge is 2.34. The monoisotopic (exact) mass is 459 g/mol. The minimum atomic E-state index is -0.834. The summed E-state index contributed by atoms with van der Waals surface area (Å²) >= 11 is 1.02. The van der Waals surface area contributed by atoms with Gasteiger partial charge in [-0.15, -0.1) is 0 Å². The number of aromatic nitrogens is 2. The maximum atomic E-state index is 13.1. The number of nitrogens with two attached hydrogens (primary N) is 1. The van der Waals surface area contributed by atoms with Crippen molar-refractivity contribution < 1.29 is 23.9 Å². The van der Waals surface area contributed by atoms with Gasteiger partial charge in [0.25, 0.3) is 0 Å². The van der Waals surface area contributed by atoms with Gasteiger partial charge in [-0.3, -0.25) is 14.4 Å². The highest BCUT2D eigenvalue weighted by Crippen LogP contribution is 2.32. The normalized spacial score (nSPS) is 16.0. The summed E-state index contributed by atoms with van der Waals surface area (Å²) in [7, 11) is 0. The molecule has 4 N–H and O–H groups in total. The molecule has 11 heteroatoms. The molecule has 2 amide bonds. The molecule has 1 aliphatic carbocycles. The summed E-state index contributed by atoms with van der Waals surface area (Å²) in [6, 6.07) is 3.07. The summed E-state index contributed by atoms with van der Waals surface area (Å²) in [5, 5.41) is 5.18. The topological polar surface area (TPSA) is 153 Å². The molecule has 0 spiro atoms. The van der Waals surface area contributed by atoms with E-state index in [4.69, 9.17) is 10.5 Å². The second kappa shape index (κ2) is 9.43. The number of alkyl carbamates (subject to hydrolysis) is 1. The third-order valence-electron chi connectivity index (χ3n) is 4.57. The SMILES string of the molecule is CC(C)(C)OC(=O)NCC(=O)Nc1nc2c(s1)C(=O)C(C(=O)c1ccc(N)nc1)CCC2. The first-order valence-electron chi connectivity index (χ1n) is 10.1. The molecule has 1 atom stereocenters. The van der Waals surface area contributed by atoms with Crippen LogP contribution in [0.5, 0.6) is 0 Å². The second-order valence-corrected chi connectivity index (χ2v) is 9.34. The molecule has 0 bridgehead atoms. The number of nitrogen functional groups attached to an aromatic ring is 1. The molecule has 10 nitrogen and oxygen atoms in total. The number of amides is 2. The van der Waals surface area contributed by atoms with Gasteiger partial charge < -0.3 is 21.1 Å². The Hall–Kier alpha value is -3.34. The fourth-order valence-electron chi connectivity index (χ4n) is 3.16. The van der Waals surface area contributed by atoms with E-state index >= 15 is 0 Å². The third kappa shape index (κ3) is 5.88. The van der Waals surface area contributed by atoms with Crippen molar-refractivity contribution in [2.45, 2.75) is 45.6 Å². The van der Waals surface area contributed by atoms with Crippen LogP contribution in [0.3, 0.4) is 0 Å². The maximum absolute atomic E-state index is 13.1. The zero-order chi connectivity index (χ0) is 23.5. The number of hydrogen-bond donors (Lipinski definition) is 3. The Morgan fingerprint density at radius 2 is 2.03 bits per heavy atom. The van der Waals surface area contributed by atoms with Crippen molar-refractivity contribution >= 4 is 45.9 Å². The summed E-state index contributed by atoms with van der Waals surface area (Å²) in [6.45, 7) is 4.84. The van der Waals surface area contributed by atoms with Crippen molar-refractivity contribution in [2.24, 2.45) is 5.92 Å². The molecule has 2 aromatic rings. The minimum Gasteiger partial charge on any atom is -0.444 e. The Morgan fingerprint density at radius 3 is 2.69 bits per heavy atom. The lowest BCUT2D eigenvalue weighted by atomic mass is 9.91. The Morgan fingerprint density at radius 1 is 1.28 bits per heavy atom. The number of anilines is 2. The fourth-order valence-corrected chi connectivity index (χ4v) is 4.19. The van der Waals surface area contributed by atoms with Crippen LogP contribution >= 0.6 is 11.3 Å². The van der Waals surface area contributed by atoms with Gasteiger partial charge >= 0.3 is 6.09 Å². The lowest BCUT2D eigenvalue weighted by molar-refractivity contribution is -0.115. The van der Waals surface area contributed by atoms with E-state index in [0.29, 0.717) is 41.2 Å². The molecule has 32 heavy (non-hydrogen) atoms. The van der Waals surface area contributed by atoms with Crippen LogP contribution < -0.4 is 16.4 Å². The quantitative estimate of drug-likeness (QED) is 0.350. The molecular weight excluding hydrogens is 434 g/mol. The number of Topliss-reactive ketones (excluding diaryl/α,β-unsaturated/α-hetero) is 2. The van der Waals surface area contributed by atoms with Crippen LogP contribution in [0.1, 0.15) is 59.3 Å². The molecule has 0 saturated heterocycles. The van der Waals surface area contributed by atoms with Crippen LogP contribution in [0.2, 0.25) is 0 Å². The Kier molecular flexibility index (Phi) is 6.87. The van der Waals surface area contributed by atoms with Crippen LogP contribution in [-0.4, -0.2) is 45.7 Å². The van der Waals surface area contributed by atoms with E-state index in [1.54, 1.807) is 26.8 Å². The van der Waals surface area contributed by atoms with E-state index in [9.17, 15) is 19.2 Å². The highest BCUT2D eigenvalue weighted by molar-refractivity contribution is 7.17. The number of carbonyl (C=O) groups excluding carboxylic acids is 4. The van der Waals surface area contributed by atoms with Crippen LogP contribution in [0.25, 0.3) is 0 Å². The molecule has 3 rings (SSSR count). The number of nitrogens with one attached hydrogen (secondary N) is 2. The zero-order valence-electron chi connectivity index (χ0n) is 18.1. The predicted octanol–water partition coefficient (Wildman–Crippen LogP) is 2.60. The smallest absolute Gasteiger partial charge is 0.408 e. The number of thiazole rings is 1. The number of nitrogens with zero attached hydrogens (tertiary/aromatic N) is 2. The van der Waals surface area contributed by atoms with Gasteiger partial charge in [0.2, 0.25) is 5.91 Å². The Labute approximate surface area is 189 Å². The third-order valence-corrected chi connectivity index (χ3v) is 5.60. The van der Waals surface area contributed by atoms with E-state index in [1.165, 1.54) is 12.3 Å². The van der Waals surface area contributed by atoms with E-state index in [2.05, 4.69) is 20.6 Å². The van der Waals surface area contributed by atoms with Gasteiger partial charge in [-0.25, -0.2) is 14.8 Å². The van der Waals surface area contributed by atoms with Crippen LogP contribution in [0, 0.1) is 5.92 Å². The van der Waals surface area contributed by atoms with Gasteiger partial charge in [0.1, 0.15) is 18.0 Å². The van der Waals surface area contributed by atoms with Crippen molar-refractivity contribution in [3.63, 3.8) is 0 Å². The first-order chi connectivity index (χ1) is 15.0. The van der Waals surface area contributed by atoms with E-state index in [-0.39, 0.29) is 23.2 Å². The molecule has 0 aliphatic heterocycles. The summed E-state index contributed by atoms with van der Waals surface area (Å²) in [5.74, 6) is -1.67. The molecule has 0 aromatic carbocycles. The van der Waals surface area contributed by atoms with Crippen molar-refractivity contribution in [3.8, 4) is 0 Å². The first-order valence-corrected chi connectivity index (χ1v) is 10.9. The Balaban J connectivity index is 1.66. The molecule has 1 aliphatic rings. The summed E-state index contributed by atoms with van der Waals surface area (Å²) in [5.41, 5.74) is 5.77. The highest BCUT2D eigenvalue weighted by atomic mass is 32.1. The fraction of sp³-hybridized carbons (Fsp3) is 0.429. The predicted molar refractivity (Wildman–Crippen MR) is 119 cm³/mol. The molecule has 0 fully saturated rings. The largest absolute Gasteiger partial charge is 0.444 e. The molecule has 0 saturated carbocycles. The van der Waals surface area contributed by atoms with Crippen molar-refractivity contribution in [3.05, 3.63) is 34.5 Å². The average Bonchev–Trinajstić information content (AvgIpc) is 3.04. The average molecular weight is 460 g/mol. The van der Waals surface area contributed by atoms with Gasteiger partial charge in [0.05, 0.1) is 16.5 Å².